The van der Waals surface area contributed by atoms with Crippen LogP contribution >= 0.6 is 0 Å². The average molecular weight is 276 g/mol. The first kappa shape index (κ1) is 14.4. The summed E-state index contributed by atoms with van der Waals surface area (Å²) in [6.07, 6.45) is 5.51. The molecule has 0 heterocycles. The maximum Gasteiger partial charge on any atom is 0.271 e. The zero-order valence-corrected chi connectivity index (χ0v) is 11.9. The van der Waals surface area contributed by atoms with Gasteiger partial charge >= 0.3 is 0 Å². The molecule has 1 aliphatic carbocycles. The predicted molar refractivity (Wildman–Crippen MR) is 77.5 cm³/mol. The molecule has 0 atom stereocenters. The molecule has 1 aromatic carbocycles. The van der Waals surface area contributed by atoms with Gasteiger partial charge in [-0.15, -0.1) is 0 Å². The molecule has 0 aromatic heterocycles. The lowest BCUT2D eigenvalue weighted by Crippen LogP contribution is -2.20. The number of benzene rings is 1. The van der Waals surface area contributed by atoms with Gasteiger partial charge in [0, 0.05) is 17.3 Å². The second-order valence-corrected chi connectivity index (χ2v) is 4.78. The molecule has 0 radical (unpaired) electrons. The van der Waals surface area contributed by atoms with Crippen molar-refractivity contribution >= 4 is 11.6 Å². The Hall–Kier alpha value is -2.04. The number of nitrogens with zero attached hydrogens (tertiary/aromatic N) is 1. The molecule has 0 spiro atoms. The number of hydrogen-bond acceptors (Lipinski definition) is 4. The molecular weight excluding hydrogens is 256 g/mol. The number of carbonyl (C=O) groups excluding carboxylic acids is 1. The van der Waals surface area contributed by atoms with Crippen molar-refractivity contribution < 1.29 is 14.3 Å². The Labute approximate surface area is 119 Å². The molecule has 0 saturated heterocycles. The maximum atomic E-state index is 12.1. The van der Waals surface area contributed by atoms with E-state index in [2.05, 4.69) is 10.5 Å². The second-order valence-electron chi connectivity index (χ2n) is 4.78. The van der Waals surface area contributed by atoms with Gasteiger partial charge in [0.1, 0.15) is 11.5 Å². The van der Waals surface area contributed by atoms with Crippen molar-refractivity contribution in [2.24, 2.45) is 5.10 Å². The van der Waals surface area contributed by atoms with Gasteiger partial charge in [0.2, 0.25) is 0 Å². The van der Waals surface area contributed by atoms with Crippen LogP contribution in [0.2, 0.25) is 0 Å². The summed E-state index contributed by atoms with van der Waals surface area (Å²) in [5.74, 6) is 0.917. The lowest BCUT2D eigenvalue weighted by Gasteiger charge is -2.12. The van der Waals surface area contributed by atoms with Gasteiger partial charge in [0.25, 0.3) is 5.91 Å². The Morgan fingerprint density at radius 1 is 1.05 bits per heavy atom. The molecule has 0 aliphatic heterocycles. The number of hydrogen-bond donors (Lipinski definition) is 1. The summed E-state index contributed by atoms with van der Waals surface area (Å²) in [6, 6.07) is 5.06. The summed E-state index contributed by atoms with van der Waals surface area (Å²) < 4.78 is 10.3. The molecule has 1 aromatic rings. The highest BCUT2D eigenvalue weighted by Gasteiger charge is 2.11. The Bertz CT molecular complexity index is 482. The molecule has 1 fully saturated rings. The Morgan fingerprint density at radius 3 is 2.20 bits per heavy atom. The van der Waals surface area contributed by atoms with E-state index in [1.54, 1.807) is 32.4 Å². The number of nitrogens with one attached hydrogen (secondary N) is 1. The van der Waals surface area contributed by atoms with Crippen molar-refractivity contribution in [3.05, 3.63) is 23.8 Å². The van der Waals surface area contributed by atoms with E-state index in [0.717, 1.165) is 31.4 Å². The van der Waals surface area contributed by atoms with Crippen LogP contribution in [0.15, 0.2) is 23.3 Å². The lowest BCUT2D eigenvalue weighted by molar-refractivity contribution is 0.0954. The first-order chi connectivity index (χ1) is 9.72. The first-order valence-electron chi connectivity index (χ1n) is 6.82. The van der Waals surface area contributed by atoms with Crippen LogP contribution in [-0.4, -0.2) is 25.8 Å². The van der Waals surface area contributed by atoms with Crippen molar-refractivity contribution in [1.29, 1.82) is 0 Å². The van der Waals surface area contributed by atoms with Crippen LogP contribution in [0, 0.1) is 0 Å². The van der Waals surface area contributed by atoms with E-state index in [-0.39, 0.29) is 5.91 Å². The van der Waals surface area contributed by atoms with E-state index in [9.17, 15) is 4.79 Å². The molecule has 5 nitrogen and oxygen atoms in total. The van der Waals surface area contributed by atoms with Crippen LogP contribution in [-0.2, 0) is 0 Å². The van der Waals surface area contributed by atoms with Crippen LogP contribution < -0.4 is 14.9 Å². The molecule has 0 bridgehead atoms. The highest BCUT2D eigenvalue weighted by atomic mass is 16.5. The lowest BCUT2D eigenvalue weighted by atomic mass is 9.99. The van der Waals surface area contributed by atoms with Crippen LogP contribution in [0.1, 0.15) is 42.5 Å². The standard InChI is InChI=1S/C15H20N2O3/c1-19-13-8-11(9-14(10-13)20-2)15(18)17-16-12-6-4-3-5-7-12/h8-10H,3-7H2,1-2H3,(H,17,18). The number of carbonyl (C=O) groups is 1. The Kier molecular flexibility index (Phi) is 4.98. The molecule has 1 aliphatic rings. The third-order valence-corrected chi connectivity index (χ3v) is 3.36. The molecular formula is C15H20N2O3. The van der Waals surface area contributed by atoms with Gasteiger partial charge in [-0.3, -0.25) is 4.79 Å². The van der Waals surface area contributed by atoms with Crippen LogP contribution in [0.5, 0.6) is 11.5 Å². The summed E-state index contributed by atoms with van der Waals surface area (Å²) >= 11 is 0. The zero-order chi connectivity index (χ0) is 14.4. The molecule has 1 saturated carbocycles. The SMILES string of the molecule is COc1cc(OC)cc(C(=O)NN=C2CCCCC2)c1. The monoisotopic (exact) mass is 276 g/mol. The van der Waals surface area contributed by atoms with Crippen LogP contribution in [0.25, 0.3) is 0 Å². The predicted octanol–water partition coefficient (Wildman–Crippen LogP) is 2.75. The minimum absolute atomic E-state index is 0.250. The Balaban J connectivity index is 2.08. The molecule has 5 heteroatoms. The maximum absolute atomic E-state index is 12.1. The minimum atomic E-state index is -0.250. The summed E-state index contributed by atoms with van der Waals surface area (Å²) in [5.41, 5.74) is 4.15. The summed E-state index contributed by atoms with van der Waals surface area (Å²) in [6.45, 7) is 0. The smallest absolute Gasteiger partial charge is 0.271 e. The fraction of sp³-hybridized carbons (Fsp3) is 0.467. The summed E-state index contributed by atoms with van der Waals surface area (Å²) in [4.78, 5) is 12.1. The summed E-state index contributed by atoms with van der Waals surface area (Å²) in [5, 5.41) is 4.21. The van der Waals surface area contributed by atoms with E-state index in [0.29, 0.717) is 17.1 Å². The van der Waals surface area contributed by atoms with E-state index >= 15 is 0 Å². The zero-order valence-electron chi connectivity index (χ0n) is 11.9. The van der Waals surface area contributed by atoms with E-state index in [1.165, 1.54) is 6.42 Å². The van der Waals surface area contributed by atoms with Gasteiger partial charge in [0.05, 0.1) is 14.2 Å². The minimum Gasteiger partial charge on any atom is -0.497 e. The third kappa shape index (κ3) is 3.73. The topological polar surface area (TPSA) is 59.9 Å². The van der Waals surface area contributed by atoms with Crippen LogP contribution in [0.4, 0.5) is 0 Å². The fourth-order valence-corrected chi connectivity index (χ4v) is 2.20. The molecule has 20 heavy (non-hydrogen) atoms. The van der Waals surface area contributed by atoms with Crippen molar-refractivity contribution in [2.45, 2.75) is 32.1 Å². The van der Waals surface area contributed by atoms with E-state index < -0.39 is 0 Å². The largest absolute Gasteiger partial charge is 0.497 e. The van der Waals surface area contributed by atoms with Crippen LogP contribution in [0.3, 0.4) is 0 Å². The van der Waals surface area contributed by atoms with Gasteiger partial charge < -0.3 is 9.47 Å². The van der Waals surface area contributed by atoms with Gasteiger partial charge in [-0.25, -0.2) is 5.43 Å². The van der Waals surface area contributed by atoms with Gasteiger partial charge in [-0.1, -0.05) is 6.42 Å². The fourth-order valence-electron chi connectivity index (χ4n) is 2.20. The number of methoxy groups -OCH3 is 2. The number of ether oxygens (including phenoxy) is 2. The number of hydrazone groups is 1. The highest BCUT2D eigenvalue weighted by molar-refractivity contribution is 5.96. The third-order valence-electron chi connectivity index (χ3n) is 3.36. The Morgan fingerprint density at radius 2 is 1.65 bits per heavy atom. The highest BCUT2D eigenvalue weighted by Crippen LogP contribution is 2.22. The first-order valence-corrected chi connectivity index (χ1v) is 6.82. The van der Waals surface area contributed by atoms with Gasteiger partial charge in [-0.2, -0.15) is 5.10 Å². The van der Waals surface area contributed by atoms with E-state index in [4.69, 9.17) is 9.47 Å². The van der Waals surface area contributed by atoms with Crippen molar-refractivity contribution in [1.82, 2.24) is 5.43 Å². The van der Waals surface area contributed by atoms with E-state index in [1.807, 2.05) is 0 Å². The number of rotatable bonds is 4. The molecule has 1 amide bonds. The quantitative estimate of drug-likeness (QED) is 0.860. The molecule has 1 N–H and O–H groups in total. The van der Waals surface area contributed by atoms with Crippen molar-refractivity contribution in [2.75, 3.05) is 14.2 Å². The number of amides is 1. The molecule has 0 unspecified atom stereocenters. The summed E-state index contributed by atoms with van der Waals surface area (Å²) in [7, 11) is 3.11. The van der Waals surface area contributed by atoms with Gasteiger partial charge in [-0.05, 0) is 37.8 Å². The molecule has 2 rings (SSSR count). The van der Waals surface area contributed by atoms with Gasteiger partial charge in [0.15, 0.2) is 0 Å². The molecule has 108 valence electrons. The average Bonchev–Trinajstić information content (AvgIpc) is 2.52. The normalized spacial score (nSPS) is 14.6. The second kappa shape index (κ2) is 6.93. The van der Waals surface area contributed by atoms with Crippen molar-refractivity contribution in [3.63, 3.8) is 0 Å². The van der Waals surface area contributed by atoms with Crippen molar-refractivity contribution in [3.8, 4) is 11.5 Å².